The van der Waals surface area contributed by atoms with Gasteiger partial charge in [0.15, 0.2) is 29.6 Å². The summed E-state index contributed by atoms with van der Waals surface area (Å²) in [6.07, 6.45) is 1.42. The standard InChI is InChI=1S/C27H28N2O8/c1-5-35-21-11-6-7-12-22(21)36-17-25(30)29-28-16-18-9-8-10-20(13-18)37-27(31)19-14-23(32-2)26(34-4)24(15-19)33-3/h6-16H,5,17H2,1-4H3,(H,29,30)/b28-16-. The lowest BCUT2D eigenvalue weighted by atomic mass is 10.1. The summed E-state index contributed by atoms with van der Waals surface area (Å²) >= 11 is 0. The highest BCUT2D eigenvalue weighted by atomic mass is 16.5. The first-order valence-corrected chi connectivity index (χ1v) is 11.3. The van der Waals surface area contributed by atoms with Crippen molar-refractivity contribution >= 4 is 18.1 Å². The van der Waals surface area contributed by atoms with Gasteiger partial charge in [-0.3, -0.25) is 4.79 Å². The van der Waals surface area contributed by atoms with Gasteiger partial charge in [0.2, 0.25) is 5.75 Å². The van der Waals surface area contributed by atoms with Gasteiger partial charge >= 0.3 is 5.97 Å². The fourth-order valence-corrected chi connectivity index (χ4v) is 3.22. The average molecular weight is 509 g/mol. The fourth-order valence-electron chi connectivity index (χ4n) is 3.22. The molecule has 37 heavy (non-hydrogen) atoms. The second-order valence-corrected chi connectivity index (χ2v) is 7.34. The molecule has 10 nitrogen and oxygen atoms in total. The van der Waals surface area contributed by atoms with Crippen LogP contribution in [-0.4, -0.2) is 52.6 Å². The Morgan fingerprint density at radius 3 is 2.14 bits per heavy atom. The molecule has 0 fully saturated rings. The highest BCUT2D eigenvalue weighted by molar-refractivity contribution is 5.93. The Balaban J connectivity index is 1.59. The van der Waals surface area contributed by atoms with Gasteiger partial charge in [0.25, 0.3) is 5.91 Å². The molecule has 3 aromatic rings. The van der Waals surface area contributed by atoms with E-state index in [1.54, 1.807) is 42.5 Å². The molecule has 0 aromatic heterocycles. The Morgan fingerprint density at radius 1 is 0.838 bits per heavy atom. The molecule has 0 saturated carbocycles. The first kappa shape index (κ1) is 26.9. The van der Waals surface area contributed by atoms with Gasteiger partial charge < -0.3 is 28.4 Å². The zero-order valence-electron chi connectivity index (χ0n) is 21.0. The van der Waals surface area contributed by atoms with E-state index in [0.29, 0.717) is 40.9 Å². The molecular weight excluding hydrogens is 480 g/mol. The number of para-hydroxylation sites is 2. The Labute approximate surface area is 214 Å². The molecule has 0 aliphatic heterocycles. The molecule has 194 valence electrons. The number of hydrogen-bond acceptors (Lipinski definition) is 9. The van der Waals surface area contributed by atoms with Crippen LogP contribution in [0, 0.1) is 0 Å². The maximum atomic E-state index is 12.7. The van der Waals surface area contributed by atoms with Gasteiger partial charge in [0, 0.05) is 0 Å². The normalized spacial score (nSPS) is 10.5. The van der Waals surface area contributed by atoms with E-state index in [4.69, 9.17) is 28.4 Å². The monoisotopic (exact) mass is 508 g/mol. The number of methoxy groups -OCH3 is 3. The molecule has 0 atom stereocenters. The minimum Gasteiger partial charge on any atom is -0.493 e. The molecule has 0 aliphatic carbocycles. The lowest BCUT2D eigenvalue weighted by molar-refractivity contribution is -0.123. The van der Waals surface area contributed by atoms with Crippen molar-refractivity contribution in [1.29, 1.82) is 0 Å². The summed E-state index contributed by atoms with van der Waals surface area (Å²) in [5, 5.41) is 3.93. The van der Waals surface area contributed by atoms with Crippen molar-refractivity contribution in [2.45, 2.75) is 6.92 Å². The number of nitrogens with zero attached hydrogens (tertiary/aromatic N) is 1. The highest BCUT2D eigenvalue weighted by Crippen LogP contribution is 2.38. The SMILES string of the molecule is CCOc1ccccc1OCC(=O)N/N=C\c1cccc(OC(=O)c2cc(OC)c(OC)c(OC)c2)c1. The summed E-state index contributed by atoms with van der Waals surface area (Å²) in [5.74, 6) is 1.25. The van der Waals surface area contributed by atoms with E-state index < -0.39 is 11.9 Å². The molecular formula is C27H28N2O8. The predicted molar refractivity (Wildman–Crippen MR) is 136 cm³/mol. The largest absolute Gasteiger partial charge is 0.493 e. The number of carbonyl (C=O) groups excluding carboxylic acids is 2. The van der Waals surface area contributed by atoms with Crippen LogP contribution in [0.5, 0.6) is 34.5 Å². The van der Waals surface area contributed by atoms with Gasteiger partial charge in [-0.2, -0.15) is 5.10 Å². The first-order valence-electron chi connectivity index (χ1n) is 11.3. The van der Waals surface area contributed by atoms with Gasteiger partial charge in [-0.05, 0) is 48.9 Å². The van der Waals surface area contributed by atoms with Crippen molar-refractivity contribution in [3.8, 4) is 34.5 Å². The van der Waals surface area contributed by atoms with Crippen LogP contribution in [0.4, 0.5) is 0 Å². The third-order valence-corrected chi connectivity index (χ3v) is 4.88. The van der Waals surface area contributed by atoms with Gasteiger partial charge in [0.05, 0.1) is 39.7 Å². The van der Waals surface area contributed by atoms with Crippen molar-refractivity contribution < 1.29 is 38.0 Å². The molecule has 0 radical (unpaired) electrons. The van der Waals surface area contributed by atoms with E-state index >= 15 is 0 Å². The van der Waals surface area contributed by atoms with Crippen molar-refractivity contribution in [1.82, 2.24) is 5.43 Å². The van der Waals surface area contributed by atoms with Crippen molar-refractivity contribution in [2.24, 2.45) is 5.10 Å². The average Bonchev–Trinajstić information content (AvgIpc) is 2.92. The zero-order valence-corrected chi connectivity index (χ0v) is 21.0. The summed E-state index contributed by atoms with van der Waals surface area (Å²) in [7, 11) is 4.39. The number of carbonyl (C=O) groups is 2. The van der Waals surface area contributed by atoms with Gasteiger partial charge in [-0.1, -0.05) is 24.3 Å². The lowest BCUT2D eigenvalue weighted by Gasteiger charge is -2.13. The number of nitrogens with one attached hydrogen (secondary N) is 1. The smallest absolute Gasteiger partial charge is 0.343 e. The molecule has 0 aliphatic rings. The maximum Gasteiger partial charge on any atom is 0.343 e. The molecule has 3 aromatic carbocycles. The number of ether oxygens (including phenoxy) is 6. The molecule has 1 amide bonds. The molecule has 0 saturated heterocycles. The second-order valence-electron chi connectivity index (χ2n) is 7.34. The quantitative estimate of drug-likeness (QED) is 0.170. The Hall–Kier alpha value is -4.73. The maximum absolute atomic E-state index is 12.7. The van der Waals surface area contributed by atoms with Gasteiger partial charge in [0.1, 0.15) is 5.75 Å². The first-order chi connectivity index (χ1) is 18.0. The van der Waals surface area contributed by atoms with Crippen LogP contribution in [0.25, 0.3) is 0 Å². The molecule has 0 unspecified atom stereocenters. The molecule has 0 heterocycles. The van der Waals surface area contributed by atoms with Crippen LogP contribution in [0.2, 0.25) is 0 Å². The Kier molecular flexibility index (Phi) is 9.72. The number of hydrogen-bond donors (Lipinski definition) is 1. The van der Waals surface area contributed by atoms with E-state index in [0.717, 1.165) is 0 Å². The van der Waals surface area contributed by atoms with Crippen LogP contribution in [0.3, 0.4) is 0 Å². The Morgan fingerprint density at radius 2 is 1.51 bits per heavy atom. The fraction of sp³-hybridized carbons (Fsp3) is 0.222. The van der Waals surface area contributed by atoms with Crippen LogP contribution in [-0.2, 0) is 4.79 Å². The lowest BCUT2D eigenvalue weighted by Crippen LogP contribution is -2.24. The van der Waals surface area contributed by atoms with E-state index in [9.17, 15) is 9.59 Å². The van der Waals surface area contributed by atoms with Crippen molar-refractivity contribution in [3.05, 3.63) is 71.8 Å². The summed E-state index contributed by atoms with van der Waals surface area (Å²) < 4.78 is 32.3. The summed E-state index contributed by atoms with van der Waals surface area (Å²) in [6.45, 7) is 2.10. The summed E-state index contributed by atoms with van der Waals surface area (Å²) in [5.41, 5.74) is 3.20. The Bertz CT molecular complexity index is 1230. The van der Waals surface area contributed by atoms with Crippen LogP contribution < -0.4 is 33.8 Å². The number of esters is 1. The number of hydrazone groups is 1. The second kappa shape index (κ2) is 13.4. The predicted octanol–water partition coefficient (Wildman–Crippen LogP) is 3.86. The van der Waals surface area contributed by atoms with Crippen LogP contribution in [0.15, 0.2) is 65.8 Å². The van der Waals surface area contributed by atoms with Gasteiger partial charge in [-0.15, -0.1) is 0 Å². The third kappa shape index (κ3) is 7.38. The topological polar surface area (TPSA) is 114 Å². The molecule has 3 rings (SSSR count). The van der Waals surface area contributed by atoms with Crippen molar-refractivity contribution in [2.75, 3.05) is 34.5 Å². The van der Waals surface area contributed by atoms with Gasteiger partial charge in [-0.25, -0.2) is 10.2 Å². The summed E-state index contributed by atoms with van der Waals surface area (Å²) in [6, 6.07) is 16.7. The molecule has 10 heteroatoms. The summed E-state index contributed by atoms with van der Waals surface area (Å²) in [4.78, 5) is 24.8. The molecule has 1 N–H and O–H groups in total. The number of benzene rings is 3. The minimum atomic E-state index is -0.619. The third-order valence-electron chi connectivity index (χ3n) is 4.88. The minimum absolute atomic E-state index is 0.215. The van der Waals surface area contributed by atoms with Crippen molar-refractivity contribution in [3.63, 3.8) is 0 Å². The molecule has 0 bridgehead atoms. The van der Waals surface area contributed by atoms with E-state index in [1.165, 1.54) is 39.7 Å². The van der Waals surface area contributed by atoms with Crippen LogP contribution in [0.1, 0.15) is 22.8 Å². The molecule has 0 spiro atoms. The zero-order chi connectivity index (χ0) is 26.6. The highest BCUT2D eigenvalue weighted by Gasteiger charge is 2.18. The van der Waals surface area contributed by atoms with Crippen LogP contribution >= 0.6 is 0 Å². The van der Waals surface area contributed by atoms with E-state index in [2.05, 4.69) is 10.5 Å². The van der Waals surface area contributed by atoms with E-state index in [1.807, 2.05) is 13.0 Å². The van der Waals surface area contributed by atoms with E-state index in [-0.39, 0.29) is 17.9 Å². The number of amides is 1. The number of rotatable bonds is 12.